The zero-order valence-electron chi connectivity index (χ0n) is 10.7. The molecule has 0 aliphatic carbocycles. The van der Waals surface area contributed by atoms with Crippen LogP contribution in [0.15, 0.2) is 11.2 Å². The molecule has 0 aliphatic heterocycles. The largest absolute Gasteiger partial charge is 0.313 e. The molecule has 0 amide bonds. The number of nitrogens with zero attached hydrogens (tertiary/aromatic N) is 1. The van der Waals surface area contributed by atoms with E-state index in [1.54, 1.807) is 20.8 Å². The summed E-state index contributed by atoms with van der Waals surface area (Å²) in [4.78, 5) is 0. The van der Waals surface area contributed by atoms with E-state index >= 15 is 0 Å². The van der Waals surface area contributed by atoms with Gasteiger partial charge in [0, 0.05) is 17.6 Å². The van der Waals surface area contributed by atoms with Crippen LogP contribution in [0.2, 0.25) is 0 Å². The summed E-state index contributed by atoms with van der Waals surface area (Å²) in [6.45, 7) is 8.60. The quantitative estimate of drug-likeness (QED) is 0.723. The Bertz CT molecular complexity index is 459. The van der Waals surface area contributed by atoms with Gasteiger partial charge >= 0.3 is 0 Å². The second-order valence-electron chi connectivity index (χ2n) is 4.86. The minimum Gasteiger partial charge on any atom is -0.313 e. The molecule has 0 unspecified atom stereocenters. The lowest BCUT2D eigenvalue weighted by atomic mass is 10.1. The van der Waals surface area contributed by atoms with E-state index in [-0.39, 0.29) is 5.03 Å². The number of nitrogens with one attached hydrogen (secondary N) is 3. The molecule has 1 heterocycles. The predicted octanol–water partition coefficient (Wildman–Crippen LogP) is 0.596. The van der Waals surface area contributed by atoms with Crippen molar-refractivity contribution in [3.05, 3.63) is 11.8 Å². The Labute approximate surface area is 102 Å². The van der Waals surface area contributed by atoms with Gasteiger partial charge in [0.1, 0.15) is 0 Å². The molecule has 0 spiro atoms. The van der Waals surface area contributed by atoms with Crippen LogP contribution >= 0.6 is 0 Å². The van der Waals surface area contributed by atoms with E-state index in [4.69, 9.17) is 0 Å². The average molecular weight is 260 g/mol. The highest BCUT2D eigenvalue weighted by Crippen LogP contribution is 2.14. The van der Waals surface area contributed by atoms with Crippen LogP contribution in [0.1, 0.15) is 33.3 Å². The SMILES string of the molecule is CCNCc1cn[nH]c1S(=O)(=O)NC(C)(C)C. The van der Waals surface area contributed by atoms with Crippen LogP contribution in [-0.2, 0) is 16.6 Å². The topological polar surface area (TPSA) is 86.9 Å². The van der Waals surface area contributed by atoms with Crippen molar-refractivity contribution in [1.82, 2.24) is 20.2 Å². The van der Waals surface area contributed by atoms with Crippen LogP contribution in [0.25, 0.3) is 0 Å². The van der Waals surface area contributed by atoms with Gasteiger partial charge in [-0.15, -0.1) is 0 Å². The van der Waals surface area contributed by atoms with Crippen LogP contribution < -0.4 is 10.0 Å². The monoisotopic (exact) mass is 260 g/mol. The molecule has 0 aliphatic rings. The first-order chi connectivity index (χ1) is 7.76. The lowest BCUT2D eigenvalue weighted by Crippen LogP contribution is -2.41. The first kappa shape index (κ1) is 14.1. The zero-order valence-corrected chi connectivity index (χ0v) is 11.5. The fourth-order valence-electron chi connectivity index (χ4n) is 1.37. The Hall–Kier alpha value is -0.920. The highest BCUT2D eigenvalue weighted by atomic mass is 32.2. The lowest BCUT2D eigenvalue weighted by Gasteiger charge is -2.20. The van der Waals surface area contributed by atoms with E-state index in [2.05, 4.69) is 20.2 Å². The molecule has 0 saturated heterocycles. The summed E-state index contributed by atoms with van der Waals surface area (Å²) in [6.07, 6.45) is 1.53. The number of hydrogen-bond donors (Lipinski definition) is 3. The van der Waals surface area contributed by atoms with Crippen LogP contribution in [0, 0.1) is 0 Å². The van der Waals surface area contributed by atoms with Crippen LogP contribution in [-0.4, -0.2) is 30.7 Å². The molecule has 6 nitrogen and oxygen atoms in total. The molecule has 0 bridgehead atoms. The molecule has 0 aromatic carbocycles. The molecular formula is C10H20N4O2S. The number of H-pyrrole nitrogens is 1. The van der Waals surface area contributed by atoms with Gasteiger partial charge in [0.15, 0.2) is 5.03 Å². The number of aromatic nitrogens is 2. The van der Waals surface area contributed by atoms with Gasteiger partial charge in [-0.1, -0.05) is 6.92 Å². The summed E-state index contributed by atoms with van der Waals surface area (Å²) in [5.41, 5.74) is 0.128. The molecule has 17 heavy (non-hydrogen) atoms. The first-order valence-corrected chi connectivity index (χ1v) is 7.01. The minimum atomic E-state index is -3.54. The maximum Gasteiger partial charge on any atom is 0.258 e. The van der Waals surface area contributed by atoms with Gasteiger partial charge in [-0.2, -0.15) is 5.10 Å². The first-order valence-electron chi connectivity index (χ1n) is 5.53. The Kier molecular flexibility index (Phi) is 4.29. The number of rotatable bonds is 5. The van der Waals surface area contributed by atoms with Gasteiger partial charge in [0.05, 0.1) is 6.20 Å². The second kappa shape index (κ2) is 5.16. The van der Waals surface area contributed by atoms with E-state index in [9.17, 15) is 8.42 Å². The summed E-state index contributed by atoms with van der Waals surface area (Å²) in [7, 11) is -3.54. The van der Waals surface area contributed by atoms with Crippen LogP contribution in [0.5, 0.6) is 0 Å². The highest BCUT2D eigenvalue weighted by Gasteiger charge is 2.25. The molecule has 0 fully saturated rings. The molecule has 7 heteroatoms. The van der Waals surface area contributed by atoms with Crippen LogP contribution in [0.3, 0.4) is 0 Å². The summed E-state index contributed by atoms with van der Waals surface area (Å²) in [5.74, 6) is 0. The van der Waals surface area contributed by atoms with E-state index in [0.29, 0.717) is 12.1 Å². The van der Waals surface area contributed by atoms with Crippen molar-refractivity contribution in [1.29, 1.82) is 0 Å². The van der Waals surface area contributed by atoms with Crippen molar-refractivity contribution >= 4 is 10.0 Å². The summed E-state index contributed by atoms with van der Waals surface area (Å²) >= 11 is 0. The third kappa shape index (κ3) is 4.10. The number of aromatic amines is 1. The Morgan fingerprint density at radius 3 is 2.59 bits per heavy atom. The number of sulfonamides is 1. The molecule has 3 N–H and O–H groups in total. The Morgan fingerprint density at radius 2 is 2.06 bits per heavy atom. The summed E-state index contributed by atoms with van der Waals surface area (Å²) < 4.78 is 26.8. The zero-order chi connectivity index (χ0) is 13.1. The molecule has 0 radical (unpaired) electrons. The van der Waals surface area contributed by atoms with E-state index in [0.717, 1.165) is 6.54 Å². The average Bonchev–Trinajstić information content (AvgIpc) is 2.59. The maximum atomic E-state index is 12.1. The van der Waals surface area contributed by atoms with Crippen molar-refractivity contribution in [3.63, 3.8) is 0 Å². The molecule has 1 aromatic rings. The van der Waals surface area contributed by atoms with Crippen molar-refractivity contribution < 1.29 is 8.42 Å². The van der Waals surface area contributed by atoms with E-state index in [1.807, 2.05) is 6.92 Å². The standard InChI is InChI=1S/C10H20N4O2S/c1-5-11-6-8-7-12-13-9(8)17(15,16)14-10(2,3)4/h7,11,14H,5-6H2,1-4H3,(H,12,13). The summed E-state index contributed by atoms with van der Waals surface area (Å²) in [6, 6.07) is 0. The predicted molar refractivity (Wildman–Crippen MR) is 66.0 cm³/mol. The van der Waals surface area contributed by atoms with Gasteiger partial charge in [-0.25, -0.2) is 13.1 Å². The van der Waals surface area contributed by atoms with E-state index in [1.165, 1.54) is 6.20 Å². The Balaban J connectivity index is 2.95. The second-order valence-corrected chi connectivity index (χ2v) is 6.48. The maximum absolute atomic E-state index is 12.1. The molecule has 0 atom stereocenters. The van der Waals surface area contributed by atoms with E-state index < -0.39 is 15.6 Å². The normalized spacial score (nSPS) is 12.9. The third-order valence-corrected chi connectivity index (χ3v) is 3.72. The lowest BCUT2D eigenvalue weighted by molar-refractivity contribution is 0.488. The molecule has 1 rings (SSSR count). The van der Waals surface area contributed by atoms with Crippen LogP contribution in [0.4, 0.5) is 0 Å². The fraction of sp³-hybridized carbons (Fsp3) is 0.700. The highest BCUT2D eigenvalue weighted by molar-refractivity contribution is 7.89. The van der Waals surface area contributed by atoms with Crippen molar-refractivity contribution in [2.24, 2.45) is 0 Å². The minimum absolute atomic E-state index is 0.133. The van der Waals surface area contributed by atoms with Gasteiger partial charge in [-0.3, -0.25) is 5.10 Å². The van der Waals surface area contributed by atoms with Crippen molar-refractivity contribution in [2.45, 2.75) is 44.8 Å². The summed E-state index contributed by atoms with van der Waals surface area (Å²) in [5, 5.41) is 9.53. The third-order valence-electron chi connectivity index (χ3n) is 1.95. The van der Waals surface area contributed by atoms with Gasteiger partial charge in [-0.05, 0) is 27.3 Å². The van der Waals surface area contributed by atoms with Crippen molar-refractivity contribution in [3.8, 4) is 0 Å². The number of hydrogen-bond acceptors (Lipinski definition) is 4. The van der Waals surface area contributed by atoms with Crippen molar-refractivity contribution in [2.75, 3.05) is 6.54 Å². The molecule has 1 aromatic heterocycles. The molecular weight excluding hydrogens is 240 g/mol. The fourth-order valence-corrected chi connectivity index (χ4v) is 2.92. The van der Waals surface area contributed by atoms with Gasteiger partial charge in [0.2, 0.25) is 0 Å². The smallest absolute Gasteiger partial charge is 0.258 e. The van der Waals surface area contributed by atoms with Gasteiger partial charge in [0.25, 0.3) is 10.0 Å². The molecule has 0 saturated carbocycles. The molecule has 98 valence electrons. The van der Waals surface area contributed by atoms with Gasteiger partial charge < -0.3 is 5.32 Å². The Morgan fingerprint density at radius 1 is 1.41 bits per heavy atom.